The molecule has 0 spiro atoms. The van der Waals surface area contributed by atoms with Gasteiger partial charge in [-0.1, -0.05) is 49.4 Å². The number of fused-ring (bicyclic) bond motifs is 5. The van der Waals surface area contributed by atoms with Crippen molar-refractivity contribution in [2.24, 2.45) is 23.7 Å². The first-order valence-corrected chi connectivity index (χ1v) is 11.6. The van der Waals surface area contributed by atoms with E-state index in [0.717, 1.165) is 16.4 Å². The van der Waals surface area contributed by atoms with Crippen LogP contribution in [0.3, 0.4) is 0 Å². The third-order valence-corrected chi connectivity index (χ3v) is 7.24. The zero-order valence-corrected chi connectivity index (χ0v) is 18.9. The molecule has 1 aliphatic heterocycles. The highest BCUT2D eigenvalue weighted by Crippen LogP contribution is 2.53. The number of benzene rings is 2. The fraction of sp³-hybridized carbons (Fsp3) is 0.308. The maximum atomic E-state index is 13.8. The molecule has 1 saturated carbocycles. The molecule has 1 heterocycles. The van der Waals surface area contributed by atoms with Gasteiger partial charge in [0.2, 0.25) is 0 Å². The van der Waals surface area contributed by atoms with E-state index in [1.807, 2.05) is 12.2 Å². The van der Waals surface area contributed by atoms with E-state index < -0.39 is 46.3 Å². The number of imide groups is 1. The molecule has 2 aromatic rings. The number of Topliss-reactive ketones (excluding diaryl/α,β-unsaturated/α-hetero) is 1. The van der Waals surface area contributed by atoms with Gasteiger partial charge in [-0.15, -0.1) is 0 Å². The number of carbonyl (C=O) groups excluding carboxylic acids is 4. The minimum atomic E-state index is -1.11. The van der Waals surface area contributed by atoms with Gasteiger partial charge in [0.05, 0.1) is 16.8 Å². The summed E-state index contributed by atoms with van der Waals surface area (Å²) in [5, 5.41) is 12.9. The highest BCUT2D eigenvalue weighted by Gasteiger charge is 2.62. The van der Waals surface area contributed by atoms with Crippen molar-refractivity contribution in [2.45, 2.75) is 25.8 Å². The van der Waals surface area contributed by atoms with E-state index in [4.69, 9.17) is 0 Å². The van der Waals surface area contributed by atoms with Crippen LogP contribution in [0.15, 0.2) is 66.7 Å². The van der Waals surface area contributed by atoms with Gasteiger partial charge in [0.1, 0.15) is 6.04 Å². The van der Waals surface area contributed by atoms with Gasteiger partial charge in [0.25, 0.3) is 23.4 Å². The topological polar surface area (TPSA) is 118 Å². The Morgan fingerprint density at radius 1 is 0.971 bits per heavy atom. The molecule has 2 aliphatic carbocycles. The van der Waals surface area contributed by atoms with Crippen LogP contribution in [0.5, 0.6) is 0 Å². The molecule has 0 N–H and O–H groups in total. The summed E-state index contributed by atoms with van der Waals surface area (Å²) in [5.74, 6) is -3.32. The number of nitrogens with zero attached hydrogens (tertiary/aromatic N) is 3. The van der Waals surface area contributed by atoms with Crippen LogP contribution in [0, 0.1) is 33.8 Å². The third-order valence-electron chi connectivity index (χ3n) is 7.24. The van der Waals surface area contributed by atoms with Crippen LogP contribution in [0.25, 0.3) is 0 Å². The van der Waals surface area contributed by atoms with Crippen molar-refractivity contribution in [1.29, 1.82) is 0 Å². The second-order valence-corrected chi connectivity index (χ2v) is 9.10. The molecule has 3 amide bonds. The van der Waals surface area contributed by atoms with E-state index >= 15 is 0 Å². The van der Waals surface area contributed by atoms with Crippen LogP contribution in [0.2, 0.25) is 0 Å². The van der Waals surface area contributed by atoms with Crippen molar-refractivity contribution in [3.63, 3.8) is 0 Å². The van der Waals surface area contributed by atoms with Gasteiger partial charge in [-0.3, -0.25) is 29.3 Å². The van der Waals surface area contributed by atoms with Crippen LogP contribution in [-0.2, 0) is 9.59 Å². The van der Waals surface area contributed by atoms with Gasteiger partial charge in [-0.2, -0.15) is 5.01 Å². The first kappa shape index (κ1) is 22.6. The lowest BCUT2D eigenvalue weighted by Crippen LogP contribution is -2.57. The Hall–Kier alpha value is -4.14. The summed E-state index contributed by atoms with van der Waals surface area (Å²) in [4.78, 5) is 64.9. The first-order valence-electron chi connectivity index (χ1n) is 11.6. The summed E-state index contributed by atoms with van der Waals surface area (Å²) < 4.78 is 0. The highest BCUT2D eigenvalue weighted by atomic mass is 16.6. The van der Waals surface area contributed by atoms with Gasteiger partial charge < -0.3 is 0 Å². The summed E-state index contributed by atoms with van der Waals surface area (Å²) in [6.45, 7) is 1.71. The molecule has 9 heteroatoms. The maximum absolute atomic E-state index is 13.8. The lowest BCUT2D eigenvalue weighted by Gasteiger charge is -2.36. The van der Waals surface area contributed by atoms with Gasteiger partial charge >= 0.3 is 0 Å². The van der Waals surface area contributed by atoms with Crippen LogP contribution in [0.1, 0.15) is 40.5 Å². The standard InChI is InChI=1S/C26H23N3O6/c1-2-20(23(30)15-6-4-3-5-7-15)27(24(31)16-10-12-19(13-11-16)29(34)35)28-25(32)21-17-8-9-18(14-17)22(21)26(28)33/h3-13,17-18,20-22H,2,14H2,1H3/t17-,18-,20-,21-,22+/m0/s1. The zero-order chi connectivity index (χ0) is 24.9. The molecule has 5 rings (SSSR count). The monoisotopic (exact) mass is 473 g/mol. The smallest absolute Gasteiger partial charge is 0.273 e. The van der Waals surface area contributed by atoms with Crippen LogP contribution in [0.4, 0.5) is 5.69 Å². The predicted molar refractivity (Wildman–Crippen MR) is 124 cm³/mol. The molecule has 9 nitrogen and oxygen atoms in total. The normalized spacial score (nSPS) is 25.0. The zero-order valence-electron chi connectivity index (χ0n) is 18.9. The number of hydrogen-bond donors (Lipinski definition) is 0. The Morgan fingerprint density at radius 3 is 2.06 bits per heavy atom. The first-order chi connectivity index (χ1) is 16.8. The van der Waals surface area contributed by atoms with Crippen LogP contribution in [-0.4, -0.2) is 44.5 Å². The Kier molecular flexibility index (Phi) is 5.55. The third kappa shape index (κ3) is 3.54. The molecule has 2 fully saturated rings. The highest BCUT2D eigenvalue weighted by molar-refractivity contribution is 6.11. The number of hydrogen-bond acceptors (Lipinski definition) is 6. The van der Waals surface area contributed by atoms with Crippen molar-refractivity contribution in [1.82, 2.24) is 10.0 Å². The molecule has 2 aromatic carbocycles. The summed E-state index contributed by atoms with van der Waals surface area (Å²) in [6.07, 6.45) is 4.80. The van der Waals surface area contributed by atoms with Crippen molar-refractivity contribution in [2.75, 3.05) is 0 Å². The number of non-ortho nitro benzene ring substituents is 1. The Balaban J connectivity index is 1.57. The molecule has 178 valence electrons. The number of amides is 3. The second kappa shape index (κ2) is 8.57. The van der Waals surface area contributed by atoms with Gasteiger partial charge in [-0.05, 0) is 36.8 Å². The Bertz CT molecular complexity index is 1230. The van der Waals surface area contributed by atoms with E-state index in [-0.39, 0.29) is 29.5 Å². The number of carbonyl (C=O) groups is 4. The van der Waals surface area contributed by atoms with E-state index in [1.54, 1.807) is 37.3 Å². The molecule has 0 unspecified atom stereocenters. The number of hydrazine groups is 1. The second-order valence-electron chi connectivity index (χ2n) is 9.10. The lowest BCUT2D eigenvalue weighted by atomic mass is 9.85. The molecular weight excluding hydrogens is 450 g/mol. The van der Waals surface area contributed by atoms with Gasteiger partial charge in [0.15, 0.2) is 5.78 Å². The summed E-state index contributed by atoms with van der Waals surface area (Å²) in [5.41, 5.74) is 0.182. The average molecular weight is 473 g/mol. The van der Waals surface area contributed by atoms with Crippen molar-refractivity contribution in [3.8, 4) is 0 Å². The molecule has 0 aromatic heterocycles. The van der Waals surface area contributed by atoms with Crippen molar-refractivity contribution in [3.05, 3.63) is 88.0 Å². The molecule has 2 bridgehead atoms. The minimum absolute atomic E-state index is 0.0358. The lowest BCUT2D eigenvalue weighted by molar-refractivity contribution is -0.384. The van der Waals surface area contributed by atoms with Gasteiger partial charge in [-0.25, -0.2) is 5.01 Å². The Morgan fingerprint density at radius 2 is 1.54 bits per heavy atom. The SMILES string of the molecule is CC[C@@H](C(=O)c1ccccc1)N(C(=O)c1ccc([N+](=O)[O-])cc1)N1C(=O)[C@@H]2[C@H](C1=O)[C@H]1C=C[C@H]2C1. The van der Waals surface area contributed by atoms with Crippen molar-refractivity contribution >= 4 is 29.2 Å². The van der Waals surface area contributed by atoms with E-state index in [9.17, 15) is 29.3 Å². The number of nitro groups is 1. The molecule has 5 atom stereocenters. The quantitative estimate of drug-likeness (QED) is 0.200. The van der Waals surface area contributed by atoms with Gasteiger partial charge in [0, 0.05) is 23.3 Å². The molecule has 35 heavy (non-hydrogen) atoms. The number of rotatable bonds is 7. The van der Waals surface area contributed by atoms with E-state index in [2.05, 4.69) is 0 Å². The summed E-state index contributed by atoms with van der Waals surface area (Å²) >= 11 is 0. The van der Waals surface area contributed by atoms with Crippen molar-refractivity contribution < 1.29 is 24.1 Å². The minimum Gasteiger partial charge on any atom is -0.292 e. The van der Waals surface area contributed by atoms with Crippen LogP contribution >= 0.6 is 0 Å². The number of ketones is 1. The largest absolute Gasteiger partial charge is 0.292 e. The van der Waals surface area contributed by atoms with E-state index in [0.29, 0.717) is 5.56 Å². The average Bonchev–Trinajstić information content (AvgIpc) is 3.56. The summed E-state index contributed by atoms with van der Waals surface area (Å²) in [6, 6.07) is 12.2. The van der Waals surface area contributed by atoms with Crippen LogP contribution < -0.4 is 0 Å². The Labute approximate surface area is 201 Å². The molecule has 1 saturated heterocycles. The number of nitro benzene ring substituents is 1. The maximum Gasteiger partial charge on any atom is 0.273 e. The molecule has 3 aliphatic rings. The van der Waals surface area contributed by atoms with E-state index in [1.165, 1.54) is 24.3 Å². The fourth-order valence-electron chi connectivity index (χ4n) is 5.59. The summed E-state index contributed by atoms with van der Waals surface area (Å²) in [7, 11) is 0. The molecule has 0 radical (unpaired) electrons. The molecular formula is C26H23N3O6. The predicted octanol–water partition coefficient (Wildman–Crippen LogP) is 3.42. The fourth-order valence-corrected chi connectivity index (χ4v) is 5.59. The number of allylic oxidation sites excluding steroid dienone is 2.